The van der Waals surface area contributed by atoms with E-state index in [-0.39, 0.29) is 10.6 Å². The topological polar surface area (TPSA) is 120 Å². The van der Waals surface area contributed by atoms with Gasteiger partial charge in [-0.15, -0.1) is 0 Å². The fourth-order valence-corrected chi connectivity index (χ4v) is 5.99. The summed E-state index contributed by atoms with van der Waals surface area (Å²) in [5, 5.41) is 21.0. The van der Waals surface area contributed by atoms with Gasteiger partial charge < -0.3 is 9.68 Å². The molecule has 0 radical (unpaired) electrons. The summed E-state index contributed by atoms with van der Waals surface area (Å²) in [6, 6.07) is 27.6. The summed E-state index contributed by atoms with van der Waals surface area (Å²) in [6.45, 7) is 6.66. The van der Waals surface area contributed by atoms with Crippen LogP contribution in [-0.2, 0) is 24.7 Å². The van der Waals surface area contributed by atoms with E-state index in [9.17, 15) is 19.7 Å². The number of nitrogens with zero attached hydrogens (tertiary/aromatic N) is 3. The number of nitro groups is 1. The minimum absolute atomic E-state index is 0.0707. The normalized spacial score (nSPS) is 13.5. The van der Waals surface area contributed by atoms with Gasteiger partial charge in [0.25, 0.3) is 5.69 Å². The first-order valence-corrected chi connectivity index (χ1v) is 14.3. The van der Waals surface area contributed by atoms with Gasteiger partial charge in [0.05, 0.1) is 10.5 Å². The van der Waals surface area contributed by atoms with E-state index in [1.165, 1.54) is 19.9 Å². The highest BCUT2D eigenvalue weighted by Gasteiger charge is 2.44. The van der Waals surface area contributed by atoms with Crippen LogP contribution in [0.1, 0.15) is 73.9 Å². The summed E-state index contributed by atoms with van der Waals surface area (Å²) >= 11 is 0. The molecule has 0 amide bonds. The molecule has 0 unspecified atom stereocenters. The number of carbonyl (C=O) groups excluding carboxylic acids is 2. The minimum atomic E-state index is -0.602. The van der Waals surface area contributed by atoms with E-state index in [1.807, 2.05) is 84.9 Å². The van der Waals surface area contributed by atoms with Crippen molar-refractivity contribution < 1.29 is 24.2 Å². The average molecular weight is 590 g/mol. The fraction of sp³-hybridized carbons (Fsp3) is 0.200. The lowest BCUT2D eigenvalue weighted by Gasteiger charge is -2.30. The second kappa shape index (κ2) is 12.4. The highest BCUT2D eigenvalue weighted by atomic mass is 16.7. The minimum Gasteiger partial charge on any atom is -0.318 e. The molecule has 0 atom stereocenters. The number of oxime groups is 2. The maximum absolute atomic E-state index is 12.7. The molecular formula is C35H31N3O6. The summed E-state index contributed by atoms with van der Waals surface area (Å²) in [5.74, 6) is -1.15. The van der Waals surface area contributed by atoms with Crippen LogP contribution in [0.25, 0.3) is 11.1 Å². The van der Waals surface area contributed by atoms with Gasteiger partial charge in [-0.25, -0.2) is 9.59 Å². The summed E-state index contributed by atoms with van der Waals surface area (Å²) in [5.41, 5.74) is 5.70. The van der Waals surface area contributed by atoms with Gasteiger partial charge >= 0.3 is 11.9 Å². The van der Waals surface area contributed by atoms with Crippen molar-refractivity contribution in [1.29, 1.82) is 0 Å². The van der Waals surface area contributed by atoms with E-state index in [4.69, 9.17) is 9.68 Å². The molecule has 0 aliphatic heterocycles. The Hall–Kier alpha value is -5.44. The van der Waals surface area contributed by atoms with E-state index in [2.05, 4.69) is 24.2 Å². The van der Waals surface area contributed by atoms with Crippen LogP contribution >= 0.6 is 0 Å². The third-order valence-electron chi connectivity index (χ3n) is 8.01. The van der Waals surface area contributed by atoms with Crippen LogP contribution in [0, 0.1) is 10.1 Å². The number of hydrogen-bond acceptors (Lipinski definition) is 8. The molecule has 1 aliphatic rings. The van der Waals surface area contributed by atoms with Gasteiger partial charge in [0.2, 0.25) is 0 Å². The third-order valence-corrected chi connectivity index (χ3v) is 8.01. The zero-order chi connectivity index (χ0) is 31.4. The first-order chi connectivity index (χ1) is 21.2. The summed E-state index contributed by atoms with van der Waals surface area (Å²) < 4.78 is 0. The van der Waals surface area contributed by atoms with Crippen molar-refractivity contribution in [1.82, 2.24) is 0 Å². The number of fused-ring (bicyclic) bond motifs is 3. The molecular weight excluding hydrogens is 558 g/mol. The van der Waals surface area contributed by atoms with Crippen molar-refractivity contribution >= 4 is 29.0 Å². The van der Waals surface area contributed by atoms with E-state index >= 15 is 0 Å². The maximum Gasteiger partial charge on any atom is 0.332 e. The van der Waals surface area contributed by atoms with Crippen LogP contribution in [0.5, 0.6) is 0 Å². The summed E-state index contributed by atoms with van der Waals surface area (Å²) in [6.07, 6.45) is 1.30. The first-order valence-electron chi connectivity index (χ1n) is 14.3. The molecule has 4 aromatic carbocycles. The molecule has 44 heavy (non-hydrogen) atoms. The maximum atomic E-state index is 12.7. The number of benzene rings is 4. The molecule has 0 aromatic heterocycles. The Morgan fingerprint density at radius 3 is 1.68 bits per heavy atom. The molecule has 9 nitrogen and oxygen atoms in total. The number of hydrogen-bond donors (Lipinski definition) is 0. The Balaban J connectivity index is 1.76. The SMILES string of the molecule is CCC1(CC)c2cc(/C(=N/OC(C)=O)c3ccccc3)ccc2-c2c([N+](=O)[O-])cc(/C(=N/OC(C)=O)c3ccccc3)cc21. The van der Waals surface area contributed by atoms with Crippen LogP contribution in [0.4, 0.5) is 5.69 Å². The van der Waals surface area contributed by atoms with Crippen LogP contribution in [0.2, 0.25) is 0 Å². The highest BCUT2D eigenvalue weighted by molar-refractivity contribution is 6.15. The zero-order valence-electron chi connectivity index (χ0n) is 24.9. The lowest BCUT2D eigenvalue weighted by atomic mass is 9.73. The van der Waals surface area contributed by atoms with Gasteiger partial charge in [-0.05, 0) is 41.7 Å². The molecule has 0 bridgehead atoms. The molecule has 0 fully saturated rings. The van der Waals surface area contributed by atoms with Crippen LogP contribution in [-0.4, -0.2) is 28.3 Å². The Labute approximate surface area is 255 Å². The molecule has 0 saturated carbocycles. The second-order valence-electron chi connectivity index (χ2n) is 10.5. The van der Waals surface area contributed by atoms with Crippen molar-refractivity contribution in [2.45, 2.75) is 46.0 Å². The van der Waals surface area contributed by atoms with Crippen molar-refractivity contribution in [3.63, 3.8) is 0 Å². The smallest absolute Gasteiger partial charge is 0.318 e. The van der Waals surface area contributed by atoms with Gasteiger partial charge in [-0.3, -0.25) is 10.1 Å². The Morgan fingerprint density at radius 1 is 0.705 bits per heavy atom. The zero-order valence-corrected chi connectivity index (χ0v) is 24.9. The quantitative estimate of drug-likeness (QED) is 0.0873. The lowest BCUT2D eigenvalue weighted by molar-refractivity contribution is -0.384. The molecule has 1 aliphatic carbocycles. The molecule has 0 spiro atoms. The molecule has 0 heterocycles. The first kappa shape index (κ1) is 30.0. The van der Waals surface area contributed by atoms with Gasteiger partial charge in [0.15, 0.2) is 0 Å². The molecule has 0 saturated heterocycles. The summed E-state index contributed by atoms with van der Waals surface area (Å²) in [4.78, 5) is 45.8. The molecule has 5 rings (SSSR count). The number of rotatable bonds is 9. The van der Waals surface area contributed by atoms with Crippen molar-refractivity contribution in [2.24, 2.45) is 10.3 Å². The molecule has 9 heteroatoms. The predicted octanol–water partition coefficient (Wildman–Crippen LogP) is 7.31. The van der Waals surface area contributed by atoms with Gasteiger partial charge in [0.1, 0.15) is 11.4 Å². The average Bonchev–Trinajstić information content (AvgIpc) is 3.30. The Bertz CT molecular complexity index is 1810. The van der Waals surface area contributed by atoms with E-state index in [0.717, 1.165) is 22.3 Å². The van der Waals surface area contributed by atoms with Gasteiger partial charge in [0, 0.05) is 47.6 Å². The highest BCUT2D eigenvalue weighted by Crippen LogP contribution is 2.56. The predicted molar refractivity (Wildman–Crippen MR) is 168 cm³/mol. The van der Waals surface area contributed by atoms with Crippen molar-refractivity contribution in [3.8, 4) is 11.1 Å². The van der Waals surface area contributed by atoms with Crippen LogP contribution in [0.3, 0.4) is 0 Å². The standard InChI is InChI=1S/C35H31N3O6/c1-5-35(6-2)29-19-26(33(36-43-22(3)39)24-13-9-7-10-14-24)17-18-28(29)32-30(35)20-27(21-31(32)38(41)42)34(37-44-23(4)40)25-15-11-8-12-16-25/h7-21H,5-6H2,1-4H3/b36-33+,37-34+. The molecule has 4 aromatic rings. The van der Waals surface area contributed by atoms with Crippen LogP contribution < -0.4 is 0 Å². The van der Waals surface area contributed by atoms with Crippen molar-refractivity contribution in [3.05, 3.63) is 134 Å². The van der Waals surface area contributed by atoms with E-state index in [1.54, 1.807) is 0 Å². The second-order valence-corrected chi connectivity index (χ2v) is 10.5. The van der Waals surface area contributed by atoms with Crippen molar-refractivity contribution in [2.75, 3.05) is 0 Å². The van der Waals surface area contributed by atoms with E-state index in [0.29, 0.717) is 46.5 Å². The van der Waals surface area contributed by atoms with Gasteiger partial charge in [-0.2, -0.15) is 0 Å². The lowest BCUT2D eigenvalue weighted by Crippen LogP contribution is -2.24. The molecule has 222 valence electrons. The van der Waals surface area contributed by atoms with Gasteiger partial charge in [-0.1, -0.05) is 97.0 Å². The van der Waals surface area contributed by atoms with E-state index < -0.39 is 17.4 Å². The largest absolute Gasteiger partial charge is 0.332 e. The third kappa shape index (κ3) is 5.51. The van der Waals surface area contributed by atoms with Crippen LogP contribution in [0.15, 0.2) is 101 Å². The summed E-state index contributed by atoms with van der Waals surface area (Å²) in [7, 11) is 0. The number of carbonyl (C=O) groups is 2. The number of nitro benzene ring substituents is 1. The Kier molecular flexibility index (Phi) is 8.48. The Morgan fingerprint density at radius 2 is 1.20 bits per heavy atom. The monoisotopic (exact) mass is 589 g/mol. The fourth-order valence-electron chi connectivity index (χ4n) is 5.99. The molecule has 0 N–H and O–H groups in total.